The molecule has 0 spiro atoms. The second kappa shape index (κ2) is 4.14. The van der Waals surface area contributed by atoms with Crippen LogP contribution in [0.3, 0.4) is 0 Å². The summed E-state index contributed by atoms with van der Waals surface area (Å²) in [6.45, 7) is 0. The van der Waals surface area contributed by atoms with Crippen molar-refractivity contribution in [2.24, 2.45) is 0 Å². The van der Waals surface area contributed by atoms with Gasteiger partial charge in [-0.25, -0.2) is 4.98 Å². The Kier molecular flexibility index (Phi) is 2.21. The number of para-hydroxylation sites is 1. The van der Waals surface area contributed by atoms with E-state index in [4.69, 9.17) is 4.98 Å². The molecule has 1 N–H and O–H groups in total. The molecule has 2 heterocycles. The number of aromatic nitrogens is 2. The minimum Gasteiger partial charge on any atom is -0.507 e. The molecule has 4 aromatic rings. The Morgan fingerprint density at radius 2 is 1.74 bits per heavy atom. The predicted octanol–water partition coefficient (Wildman–Crippen LogP) is 3.70. The van der Waals surface area contributed by atoms with Gasteiger partial charge in [-0.1, -0.05) is 30.3 Å². The van der Waals surface area contributed by atoms with E-state index in [9.17, 15) is 9.90 Å². The van der Waals surface area contributed by atoms with E-state index in [-0.39, 0.29) is 11.5 Å². The van der Waals surface area contributed by atoms with Crippen molar-refractivity contribution in [1.82, 2.24) is 9.97 Å². The summed E-state index contributed by atoms with van der Waals surface area (Å²) >= 11 is 0. The van der Waals surface area contributed by atoms with Crippen molar-refractivity contribution in [3.63, 3.8) is 0 Å². The molecule has 23 heavy (non-hydrogen) atoms. The number of carbonyl (C=O) groups is 1. The van der Waals surface area contributed by atoms with E-state index in [1.807, 2.05) is 30.3 Å². The van der Waals surface area contributed by atoms with E-state index >= 15 is 0 Å². The molecular formula is C19H10N2O2. The highest BCUT2D eigenvalue weighted by Gasteiger charge is 2.30. The van der Waals surface area contributed by atoms with Gasteiger partial charge in [0.2, 0.25) is 5.78 Å². The summed E-state index contributed by atoms with van der Waals surface area (Å²) in [5, 5.41) is 12.9. The van der Waals surface area contributed by atoms with Gasteiger partial charge in [-0.05, 0) is 23.6 Å². The van der Waals surface area contributed by atoms with Crippen LogP contribution in [-0.4, -0.2) is 20.9 Å². The Balaban J connectivity index is 2.11. The van der Waals surface area contributed by atoms with Crippen LogP contribution < -0.4 is 0 Å². The number of benzene rings is 2. The quantitative estimate of drug-likeness (QED) is 0.443. The molecule has 0 radical (unpaired) electrons. The van der Waals surface area contributed by atoms with Crippen molar-refractivity contribution in [2.45, 2.75) is 0 Å². The average molecular weight is 298 g/mol. The molecule has 108 valence electrons. The molecule has 0 bridgehead atoms. The fraction of sp³-hybridized carbons (Fsp3) is 0. The van der Waals surface area contributed by atoms with E-state index in [2.05, 4.69) is 4.98 Å². The monoisotopic (exact) mass is 298 g/mol. The summed E-state index contributed by atoms with van der Waals surface area (Å²) in [5.41, 5.74) is 2.79. The van der Waals surface area contributed by atoms with Crippen LogP contribution in [0.1, 0.15) is 16.1 Å². The molecule has 1 aliphatic rings. The SMILES string of the molecule is O=C1c2cccc(O)c2-c2nc3ccccc3c3ccnc1c23. The van der Waals surface area contributed by atoms with E-state index < -0.39 is 0 Å². The van der Waals surface area contributed by atoms with Crippen LogP contribution in [0.15, 0.2) is 54.7 Å². The average Bonchev–Trinajstić information content (AvgIpc) is 2.59. The molecule has 0 unspecified atom stereocenters. The van der Waals surface area contributed by atoms with E-state index in [0.717, 1.165) is 16.3 Å². The number of ketones is 1. The maximum atomic E-state index is 12.8. The predicted molar refractivity (Wildman–Crippen MR) is 87.6 cm³/mol. The minimum absolute atomic E-state index is 0.0643. The number of aromatic hydroxyl groups is 1. The van der Waals surface area contributed by atoms with Crippen LogP contribution in [0.4, 0.5) is 0 Å². The molecule has 1 aliphatic carbocycles. The zero-order valence-electron chi connectivity index (χ0n) is 11.9. The molecule has 2 aromatic heterocycles. The fourth-order valence-corrected chi connectivity index (χ4v) is 3.36. The molecule has 0 saturated heterocycles. The van der Waals surface area contributed by atoms with Gasteiger partial charge in [0.15, 0.2) is 0 Å². The lowest BCUT2D eigenvalue weighted by Gasteiger charge is -2.20. The van der Waals surface area contributed by atoms with Crippen molar-refractivity contribution in [2.75, 3.05) is 0 Å². The summed E-state index contributed by atoms with van der Waals surface area (Å²) in [6, 6.07) is 14.6. The number of fused-ring (bicyclic) bond motifs is 4. The first kappa shape index (κ1) is 12.3. The molecule has 0 atom stereocenters. The van der Waals surface area contributed by atoms with Gasteiger partial charge < -0.3 is 5.11 Å². The summed E-state index contributed by atoms with van der Waals surface area (Å²) in [6.07, 6.45) is 1.65. The lowest BCUT2D eigenvalue weighted by atomic mass is 9.87. The van der Waals surface area contributed by atoms with Crippen LogP contribution in [0, 0.1) is 0 Å². The van der Waals surface area contributed by atoms with Gasteiger partial charge in [0, 0.05) is 22.5 Å². The molecule has 4 nitrogen and oxygen atoms in total. The Hall–Kier alpha value is -3.27. The maximum Gasteiger partial charge on any atom is 0.212 e. The van der Waals surface area contributed by atoms with E-state index in [1.54, 1.807) is 24.4 Å². The third kappa shape index (κ3) is 1.47. The van der Waals surface area contributed by atoms with Crippen LogP contribution >= 0.6 is 0 Å². The molecular weight excluding hydrogens is 288 g/mol. The van der Waals surface area contributed by atoms with Crippen molar-refractivity contribution in [3.05, 3.63) is 66.0 Å². The number of hydrogen-bond acceptors (Lipinski definition) is 4. The lowest BCUT2D eigenvalue weighted by molar-refractivity contribution is 0.103. The van der Waals surface area contributed by atoms with Gasteiger partial charge in [0.05, 0.1) is 16.8 Å². The van der Waals surface area contributed by atoms with E-state index in [0.29, 0.717) is 27.9 Å². The zero-order valence-corrected chi connectivity index (χ0v) is 11.9. The first-order chi connectivity index (χ1) is 11.3. The first-order valence-corrected chi connectivity index (χ1v) is 7.30. The first-order valence-electron chi connectivity index (χ1n) is 7.30. The highest BCUT2D eigenvalue weighted by molar-refractivity contribution is 6.27. The number of pyridine rings is 2. The molecule has 4 heteroatoms. The van der Waals surface area contributed by atoms with Crippen LogP contribution in [0.5, 0.6) is 5.75 Å². The van der Waals surface area contributed by atoms with Gasteiger partial charge >= 0.3 is 0 Å². The second-order valence-corrected chi connectivity index (χ2v) is 5.59. The number of rotatable bonds is 0. The Morgan fingerprint density at radius 3 is 2.65 bits per heavy atom. The minimum atomic E-state index is -0.175. The van der Waals surface area contributed by atoms with Crippen molar-refractivity contribution < 1.29 is 9.90 Å². The standard InChI is InChI=1S/C19H10N2O2/c22-14-7-3-5-12-15(14)17-16-11(8-9-20-18(16)19(12)23)10-4-1-2-6-13(10)21-17/h1-9,22H. The summed E-state index contributed by atoms with van der Waals surface area (Å²) in [7, 11) is 0. The molecule has 0 aliphatic heterocycles. The number of phenols is 1. The largest absolute Gasteiger partial charge is 0.507 e. The molecule has 0 amide bonds. The van der Waals surface area contributed by atoms with Crippen molar-refractivity contribution in [1.29, 1.82) is 0 Å². The number of carbonyl (C=O) groups excluding carboxylic acids is 1. The Labute approximate surface area is 131 Å². The Morgan fingerprint density at radius 1 is 0.870 bits per heavy atom. The van der Waals surface area contributed by atoms with E-state index in [1.165, 1.54) is 0 Å². The molecule has 5 rings (SSSR count). The second-order valence-electron chi connectivity index (χ2n) is 5.59. The summed E-state index contributed by atoms with van der Waals surface area (Å²) in [4.78, 5) is 21.8. The third-order valence-corrected chi connectivity index (χ3v) is 4.35. The lowest BCUT2D eigenvalue weighted by Crippen LogP contribution is -2.13. The molecule has 0 fully saturated rings. The highest BCUT2D eigenvalue weighted by Crippen LogP contribution is 2.43. The van der Waals surface area contributed by atoms with Crippen LogP contribution in [-0.2, 0) is 0 Å². The third-order valence-electron chi connectivity index (χ3n) is 4.35. The summed E-state index contributed by atoms with van der Waals surface area (Å²) in [5.74, 6) is -0.111. The fourth-order valence-electron chi connectivity index (χ4n) is 3.36. The maximum absolute atomic E-state index is 12.8. The highest BCUT2D eigenvalue weighted by atomic mass is 16.3. The summed E-state index contributed by atoms with van der Waals surface area (Å²) < 4.78 is 0. The number of nitrogens with zero attached hydrogens (tertiary/aromatic N) is 2. The number of hydrogen-bond donors (Lipinski definition) is 1. The van der Waals surface area contributed by atoms with Gasteiger partial charge in [-0.3, -0.25) is 9.78 Å². The van der Waals surface area contributed by atoms with Gasteiger partial charge in [0.25, 0.3) is 0 Å². The van der Waals surface area contributed by atoms with Gasteiger partial charge in [-0.15, -0.1) is 0 Å². The zero-order chi connectivity index (χ0) is 15.6. The van der Waals surface area contributed by atoms with Gasteiger partial charge in [0.1, 0.15) is 11.4 Å². The Bertz CT molecular complexity index is 1150. The normalized spacial score (nSPS) is 12.6. The van der Waals surface area contributed by atoms with Crippen LogP contribution in [0.25, 0.3) is 32.9 Å². The topological polar surface area (TPSA) is 63.1 Å². The van der Waals surface area contributed by atoms with Gasteiger partial charge in [-0.2, -0.15) is 0 Å². The van der Waals surface area contributed by atoms with Crippen LogP contribution in [0.2, 0.25) is 0 Å². The smallest absolute Gasteiger partial charge is 0.212 e. The van der Waals surface area contributed by atoms with Crippen molar-refractivity contribution >= 4 is 27.5 Å². The number of phenolic OH excluding ortho intramolecular Hbond substituents is 1. The molecule has 0 saturated carbocycles. The molecule has 2 aromatic carbocycles. The van der Waals surface area contributed by atoms with Crippen molar-refractivity contribution in [3.8, 4) is 17.0 Å².